The maximum atomic E-state index is 14.8. The molecular weight excluding hydrogens is 467 g/mol. The first kappa shape index (κ1) is 22.8. The van der Waals surface area contributed by atoms with Crippen molar-refractivity contribution in [3.8, 4) is 5.75 Å². The van der Waals surface area contributed by atoms with Crippen LogP contribution in [-0.4, -0.2) is 50.2 Å². The summed E-state index contributed by atoms with van der Waals surface area (Å²) in [5.74, 6) is -4.26. The fourth-order valence-electron chi connectivity index (χ4n) is 3.35. The summed E-state index contributed by atoms with van der Waals surface area (Å²) < 4.78 is 77.7. The summed E-state index contributed by atoms with van der Waals surface area (Å²) in [6.07, 6.45) is -9.00. The summed E-state index contributed by atoms with van der Waals surface area (Å²) in [6, 6.07) is 6.99. The molecule has 3 heterocycles. The normalized spacial score (nSPS) is 29.3. The van der Waals surface area contributed by atoms with Crippen LogP contribution in [0.2, 0.25) is 0 Å². The standard InChI is InChI=1S/C17H17F4N2O8P/c18-13(19)16(8-29-32(27)28-7-9-3-1-2-4-10(9)31-32)12(25)17(20,21)14(30-16)23-6-5-11(24)22-15(23)26/h1-6,12-14,25,27,32H,7-8H2,(H,22,24,26)/t12-,14+,16+/m0/s1. The molecule has 176 valence electrons. The average molecular weight is 484 g/mol. The number of nitrogens with zero attached hydrogens (tertiary/aromatic N) is 1. The number of aliphatic hydroxyl groups excluding tert-OH is 1. The molecule has 10 nitrogen and oxygen atoms in total. The van der Waals surface area contributed by atoms with E-state index in [0.29, 0.717) is 17.8 Å². The van der Waals surface area contributed by atoms with E-state index in [9.17, 15) is 37.2 Å². The van der Waals surface area contributed by atoms with Gasteiger partial charge in [-0.1, -0.05) is 0 Å². The number of ether oxygens (including phenoxy) is 1. The predicted molar refractivity (Wildman–Crippen MR) is 99.5 cm³/mol. The molecule has 0 bridgehead atoms. The van der Waals surface area contributed by atoms with Crippen LogP contribution in [-0.2, 0) is 20.4 Å². The van der Waals surface area contributed by atoms with Crippen LogP contribution in [0.4, 0.5) is 17.6 Å². The van der Waals surface area contributed by atoms with Crippen LogP contribution in [0.5, 0.6) is 5.75 Å². The molecule has 32 heavy (non-hydrogen) atoms. The van der Waals surface area contributed by atoms with Crippen molar-refractivity contribution in [3.05, 3.63) is 62.9 Å². The number of benzene rings is 1. The van der Waals surface area contributed by atoms with E-state index in [2.05, 4.69) is 0 Å². The number of H-pyrrole nitrogens is 1. The monoisotopic (exact) mass is 484 g/mol. The van der Waals surface area contributed by atoms with Gasteiger partial charge < -0.3 is 0 Å². The molecule has 1 saturated heterocycles. The van der Waals surface area contributed by atoms with Gasteiger partial charge in [0.15, 0.2) is 0 Å². The molecule has 3 atom stereocenters. The third-order valence-corrected chi connectivity index (χ3v) is 6.56. The number of aromatic amines is 1. The van der Waals surface area contributed by atoms with E-state index in [-0.39, 0.29) is 16.9 Å². The molecule has 0 amide bonds. The third kappa shape index (κ3) is 3.72. The summed E-state index contributed by atoms with van der Waals surface area (Å²) in [5.41, 5.74) is -5.13. The van der Waals surface area contributed by atoms with Gasteiger partial charge in [-0.3, -0.25) is 0 Å². The van der Waals surface area contributed by atoms with Gasteiger partial charge in [0.25, 0.3) is 0 Å². The summed E-state index contributed by atoms with van der Waals surface area (Å²) in [6.45, 7) is -1.66. The van der Waals surface area contributed by atoms with Crippen LogP contribution in [0.25, 0.3) is 0 Å². The summed E-state index contributed by atoms with van der Waals surface area (Å²) >= 11 is 0. The molecule has 0 unspecified atom stereocenters. The van der Waals surface area contributed by atoms with E-state index in [1.54, 1.807) is 23.2 Å². The number of aliphatic hydroxyl groups is 1. The number of hydrogen-bond acceptors (Lipinski definition) is 8. The van der Waals surface area contributed by atoms with E-state index in [0.717, 1.165) is 0 Å². The van der Waals surface area contributed by atoms with Gasteiger partial charge in [0, 0.05) is 0 Å². The minimum absolute atomic E-state index is 0.148. The van der Waals surface area contributed by atoms with Gasteiger partial charge >= 0.3 is 176 Å². The zero-order valence-electron chi connectivity index (χ0n) is 15.9. The van der Waals surface area contributed by atoms with Crippen LogP contribution in [0, 0.1) is 0 Å². The Morgan fingerprint density at radius 1 is 1.28 bits per heavy atom. The zero-order valence-corrected chi connectivity index (χ0v) is 16.9. The van der Waals surface area contributed by atoms with Crippen molar-refractivity contribution in [2.45, 2.75) is 36.9 Å². The Balaban J connectivity index is 1.62. The Morgan fingerprint density at radius 2 is 2.00 bits per heavy atom. The molecule has 1 fully saturated rings. The Hall–Kier alpha value is -2.35. The average Bonchev–Trinajstić information content (AvgIpc) is 2.94. The van der Waals surface area contributed by atoms with Crippen molar-refractivity contribution < 1.29 is 45.9 Å². The van der Waals surface area contributed by atoms with E-state index >= 15 is 0 Å². The van der Waals surface area contributed by atoms with E-state index in [1.165, 1.54) is 6.07 Å². The minimum atomic E-state index is -4.63. The first-order chi connectivity index (χ1) is 15.0. The van der Waals surface area contributed by atoms with Gasteiger partial charge in [-0.05, 0) is 0 Å². The molecule has 0 saturated carbocycles. The molecule has 0 spiro atoms. The molecule has 2 aliphatic rings. The number of aromatic nitrogens is 2. The third-order valence-electron chi connectivity index (χ3n) is 5.06. The molecule has 3 N–H and O–H groups in total. The fourth-order valence-corrected chi connectivity index (χ4v) is 4.77. The van der Waals surface area contributed by atoms with Crippen LogP contribution < -0.4 is 15.8 Å². The van der Waals surface area contributed by atoms with Gasteiger partial charge in [0.2, 0.25) is 0 Å². The Morgan fingerprint density at radius 3 is 2.69 bits per heavy atom. The topological polar surface area (TPSA) is 132 Å². The quantitative estimate of drug-likeness (QED) is 0.425. The number of halogens is 4. The molecule has 1 aromatic heterocycles. The second-order valence-corrected chi connectivity index (χ2v) is 8.96. The van der Waals surface area contributed by atoms with Crippen LogP contribution in [0.15, 0.2) is 46.1 Å². The molecule has 0 aliphatic carbocycles. The number of nitrogens with one attached hydrogen (secondary N) is 1. The second kappa shape index (κ2) is 7.90. The molecule has 1 aromatic carbocycles. The number of para-hydroxylation sites is 1. The van der Waals surface area contributed by atoms with Crippen LogP contribution in [0.3, 0.4) is 0 Å². The summed E-state index contributed by atoms with van der Waals surface area (Å²) in [5, 5.41) is 10.1. The van der Waals surface area contributed by atoms with E-state index in [4.69, 9.17) is 18.3 Å². The first-order valence-electron chi connectivity index (χ1n) is 9.09. The van der Waals surface area contributed by atoms with Crippen molar-refractivity contribution in [1.82, 2.24) is 9.55 Å². The first-order valence-corrected chi connectivity index (χ1v) is 10.8. The predicted octanol–water partition coefficient (Wildman–Crippen LogP) is 1.09. The fraction of sp³-hybridized carbons (Fsp3) is 0.412. The zero-order chi connectivity index (χ0) is 23.3. The van der Waals surface area contributed by atoms with E-state index in [1.807, 2.05) is 0 Å². The second-order valence-electron chi connectivity index (χ2n) is 7.13. The molecule has 15 heteroatoms. The van der Waals surface area contributed by atoms with Crippen molar-refractivity contribution in [3.63, 3.8) is 0 Å². The maximum absolute atomic E-state index is 14.8. The number of hydrogen-bond donors (Lipinski definition) is 3. The van der Waals surface area contributed by atoms with Crippen LogP contribution in [0.1, 0.15) is 11.8 Å². The summed E-state index contributed by atoms with van der Waals surface area (Å²) in [7, 11) is -4.63. The van der Waals surface area contributed by atoms with E-state index < -0.39 is 56.3 Å². The van der Waals surface area contributed by atoms with Gasteiger partial charge in [-0.25, -0.2) is 0 Å². The SMILES string of the molecule is O=c1ccn([C@@H]2O[C@@](CO[PH]3(O)OCc4ccccc4O3)(C(F)F)[C@H](O)C2(F)F)c(=O)[nH]1. The van der Waals surface area contributed by atoms with Crippen molar-refractivity contribution in [1.29, 1.82) is 0 Å². The van der Waals surface area contributed by atoms with Crippen LogP contribution >= 0.6 is 8.17 Å². The van der Waals surface area contributed by atoms with Gasteiger partial charge in [-0.2, -0.15) is 0 Å². The molecule has 2 aliphatic heterocycles. The van der Waals surface area contributed by atoms with Crippen molar-refractivity contribution in [2.75, 3.05) is 6.61 Å². The summed E-state index contributed by atoms with van der Waals surface area (Å²) in [4.78, 5) is 35.2. The number of fused-ring (bicyclic) bond motifs is 1. The van der Waals surface area contributed by atoms with Gasteiger partial charge in [0.1, 0.15) is 0 Å². The Kier molecular flexibility index (Phi) is 5.64. The number of rotatable bonds is 5. The van der Waals surface area contributed by atoms with Gasteiger partial charge in [0.05, 0.1) is 0 Å². The molecular formula is C17H17F4N2O8P. The van der Waals surface area contributed by atoms with Crippen molar-refractivity contribution in [2.24, 2.45) is 0 Å². The molecule has 4 rings (SSSR count). The Labute approximate surface area is 176 Å². The number of alkyl halides is 4. The van der Waals surface area contributed by atoms with Gasteiger partial charge in [-0.15, -0.1) is 0 Å². The molecule has 2 aromatic rings. The molecule has 0 radical (unpaired) electrons. The Bertz CT molecular complexity index is 1130. The van der Waals surface area contributed by atoms with Crippen molar-refractivity contribution >= 4 is 8.17 Å².